The van der Waals surface area contributed by atoms with Crippen molar-refractivity contribution in [2.75, 3.05) is 0 Å². The molecule has 2 heteroatoms. The molecule has 16 heavy (non-hydrogen) atoms. The number of benzene rings is 1. The van der Waals surface area contributed by atoms with Gasteiger partial charge in [-0.3, -0.25) is 0 Å². The van der Waals surface area contributed by atoms with Crippen LogP contribution >= 0.6 is 0 Å². The first-order valence-corrected chi connectivity index (χ1v) is 5.83. The molecular formula is C14H18O2. The maximum Gasteiger partial charge on any atom is 0.125 e. The SMILES string of the molecule is Cc1ccc(OC2C=CCCC2)c(CO)c1. The van der Waals surface area contributed by atoms with Crippen molar-refractivity contribution in [2.24, 2.45) is 0 Å². The van der Waals surface area contributed by atoms with Gasteiger partial charge in [-0.2, -0.15) is 0 Å². The molecule has 1 aromatic rings. The van der Waals surface area contributed by atoms with Crippen molar-refractivity contribution >= 4 is 0 Å². The molecule has 0 aliphatic heterocycles. The van der Waals surface area contributed by atoms with Gasteiger partial charge in [-0.15, -0.1) is 0 Å². The molecule has 0 heterocycles. The van der Waals surface area contributed by atoms with E-state index in [0.717, 1.165) is 29.7 Å². The molecule has 1 unspecified atom stereocenters. The predicted molar refractivity (Wildman–Crippen MR) is 64.5 cm³/mol. The van der Waals surface area contributed by atoms with Gasteiger partial charge in [0.15, 0.2) is 0 Å². The highest BCUT2D eigenvalue weighted by Gasteiger charge is 2.12. The van der Waals surface area contributed by atoms with Gasteiger partial charge < -0.3 is 9.84 Å². The zero-order valence-corrected chi connectivity index (χ0v) is 9.65. The highest BCUT2D eigenvalue weighted by molar-refractivity contribution is 5.36. The van der Waals surface area contributed by atoms with Crippen molar-refractivity contribution in [3.05, 3.63) is 41.5 Å². The first-order valence-electron chi connectivity index (χ1n) is 5.83. The lowest BCUT2D eigenvalue weighted by atomic mass is 10.0. The fraction of sp³-hybridized carbons (Fsp3) is 0.429. The third-order valence-electron chi connectivity index (χ3n) is 2.87. The van der Waals surface area contributed by atoms with Crippen molar-refractivity contribution in [2.45, 2.75) is 38.9 Å². The number of ether oxygens (including phenoxy) is 1. The summed E-state index contributed by atoms with van der Waals surface area (Å²) in [5.41, 5.74) is 2.02. The Morgan fingerprint density at radius 1 is 1.44 bits per heavy atom. The first kappa shape index (κ1) is 11.2. The smallest absolute Gasteiger partial charge is 0.125 e. The molecule has 0 saturated carbocycles. The zero-order valence-electron chi connectivity index (χ0n) is 9.65. The van der Waals surface area contributed by atoms with Crippen LogP contribution in [0.25, 0.3) is 0 Å². The minimum absolute atomic E-state index is 0.0352. The highest BCUT2D eigenvalue weighted by atomic mass is 16.5. The molecule has 1 aliphatic carbocycles. The van der Waals surface area contributed by atoms with Crippen LogP contribution in [0.2, 0.25) is 0 Å². The highest BCUT2D eigenvalue weighted by Crippen LogP contribution is 2.24. The normalized spacial score (nSPS) is 19.8. The Hall–Kier alpha value is -1.28. The molecule has 0 aromatic heterocycles. The molecule has 0 spiro atoms. The van der Waals surface area contributed by atoms with E-state index < -0.39 is 0 Å². The van der Waals surface area contributed by atoms with Gasteiger partial charge in [0.1, 0.15) is 11.9 Å². The number of aliphatic hydroxyl groups is 1. The maximum absolute atomic E-state index is 9.27. The van der Waals surface area contributed by atoms with Crippen molar-refractivity contribution in [3.63, 3.8) is 0 Å². The van der Waals surface area contributed by atoms with Crippen LogP contribution in [0.4, 0.5) is 0 Å². The Bertz CT molecular complexity index is 382. The fourth-order valence-corrected chi connectivity index (χ4v) is 1.99. The van der Waals surface area contributed by atoms with Gasteiger partial charge in [-0.25, -0.2) is 0 Å². The van der Waals surface area contributed by atoms with Gasteiger partial charge in [0.25, 0.3) is 0 Å². The topological polar surface area (TPSA) is 29.5 Å². The summed E-state index contributed by atoms with van der Waals surface area (Å²) in [6, 6.07) is 5.94. The molecule has 0 fully saturated rings. The summed E-state index contributed by atoms with van der Waals surface area (Å²) in [7, 11) is 0. The van der Waals surface area contributed by atoms with Crippen LogP contribution < -0.4 is 4.74 Å². The Balaban J connectivity index is 2.13. The molecule has 1 aromatic carbocycles. The van der Waals surface area contributed by atoms with E-state index in [1.807, 2.05) is 25.1 Å². The van der Waals surface area contributed by atoms with E-state index in [-0.39, 0.29) is 12.7 Å². The Morgan fingerprint density at radius 2 is 2.31 bits per heavy atom. The first-order chi connectivity index (χ1) is 7.79. The minimum Gasteiger partial charge on any atom is -0.486 e. The van der Waals surface area contributed by atoms with Crippen LogP contribution in [0.1, 0.15) is 30.4 Å². The summed E-state index contributed by atoms with van der Waals surface area (Å²) in [6.07, 6.45) is 7.85. The summed E-state index contributed by atoms with van der Waals surface area (Å²) < 4.78 is 5.89. The second-order valence-corrected chi connectivity index (χ2v) is 4.28. The third-order valence-corrected chi connectivity index (χ3v) is 2.87. The van der Waals surface area contributed by atoms with Gasteiger partial charge >= 0.3 is 0 Å². The van der Waals surface area contributed by atoms with E-state index in [2.05, 4.69) is 12.2 Å². The monoisotopic (exact) mass is 218 g/mol. The van der Waals surface area contributed by atoms with Crippen LogP contribution in [-0.4, -0.2) is 11.2 Å². The summed E-state index contributed by atoms with van der Waals surface area (Å²) >= 11 is 0. The standard InChI is InChI=1S/C14H18O2/c1-11-7-8-14(12(9-11)10-15)16-13-5-3-2-4-6-13/h3,5,7-9,13,15H,2,4,6,10H2,1H3. The average Bonchev–Trinajstić information content (AvgIpc) is 2.33. The van der Waals surface area contributed by atoms with E-state index >= 15 is 0 Å². The second-order valence-electron chi connectivity index (χ2n) is 4.28. The van der Waals surface area contributed by atoms with Gasteiger partial charge in [-0.05, 0) is 38.3 Å². The van der Waals surface area contributed by atoms with E-state index in [1.54, 1.807) is 0 Å². The number of hydrogen-bond donors (Lipinski definition) is 1. The van der Waals surface area contributed by atoms with Crippen LogP contribution in [0.3, 0.4) is 0 Å². The molecular weight excluding hydrogens is 200 g/mol. The lowest BCUT2D eigenvalue weighted by Crippen LogP contribution is -2.16. The van der Waals surface area contributed by atoms with E-state index in [4.69, 9.17) is 4.74 Å². The third kappa shape index (κ3) is 2.64. The molecule has 2 rings (SSSR count). The van der Waals surface area contributed by atoms with Crippen LogP contribution in [0.15, 0.2) is 30.4 Å². The largest absolute Gasteiger partial charge is 0.486 e. The zero-order chi connectivity index (χ0) is 11.4. The van der Waals surface area contributed by atoms with E-state index in [1.165, 1.54) is 6.42 Å². The van der Waals surface area contributed by atoms with Crippen molar-refractivity contribution in [3.8, 4) is 5.75 Å². The number of allylic oxidation sites excluding steroid dienone is 1. The molecule has 0 bridgehead atoms. The van der Waals surface area contributed by atoms with E-state index in [9.17, 15) is 5.11 Å². The summed E-state index contributed by atoms with van der Waals surface area (Å²) in [4.78, 5) is 0. The van der Waals surface area contributed by atoms with Crippen molar-refractivity contribution in [1.29, 1.82) is 0 Å². The molecule has 1 atom stereocenters. The predicted octanol–water partition coefficient (Wildman–Crippen LogP) is 2.97. The number of hydrogen-bond acceptors (Lipinski definition) is 2. The maximum atomic E-state index is 9.27. The molecule has 2 nitrogen and oxygen atoms in total. The molecule has 86 valence electrons. The molecule has 0 saturated heterocycles. The summed E-state index contributed by atoms with van der Waals surface area (Å²) in [6.45, 7) is 2.05. The van der Waals surface area contributed by atoms with Gasteiger partial charge in [-0.1, -0.05) is 23.8 Å². The Kier molecular flexibility index (Phi) is 3.62. The summed E-state index contributed by atoms with van der Waals surface area (Å²) in [5, 5.41) is 9.27. The van der Waals surface area contributed by atoms with Crippen molar-refractivity contribution < 1.29 is 9.84 Å². The molecule has 1 N–H and O–H groups in total. The van der Waals surface area contributed by atoms with E-state index in [0.29, 0.717) is 0 Å². The number of aryl methyl sites for hydroxylation is 1. The Morgan fingerprint density at radius 3 is 3.00 bits per heavy atom. The van der Waals surface area contributed by atoms with Crippen LogP contribution in [0.5, 0.6) is 5.75 Å². The van der Waals surface area contributed by atoms with Crippen LogP contribution in [-0.2, 0) is 6.61 Å². The minimum atomic E-state index is 0.0352. The number of aliphatic hydroxyl groups excluding tert-OH is 1. The van der Waals surface area contributed by atoms with Gasteiger partial charge in [0.2, 0.25) is 0 Å². The lowest BCUT2D eigenvalue weighted by molar-refractivity contribution is 0.216. The fourth-order valence-electron chi connectivity index (χ4n) is 1.99. The number of rotatable bonds is 3. The molecule has 1 aliphatic rings. The van der Waals surface area contributed by atoms with Crippen molar-refractivity contribution in [1.82, 2.24) is 0 Å². The van der Waals surface area contributed by atoms with Gasteiger partial charge in [0, 0.05) is 5.56 Å². The lowest BCUT2D eigenvalue weighted by Gasteiger charge is -2.20. The second kappa shape index (κ2) is 5.17. The van der Waals surface area contributed by atoms with Gasteiger partial charge in [0.05, 0.1) is 6.61 Å². The molecule has 0 amide bonds. The molecule has 0 radical (unpaired) electrons. The average molecular weight is 218 g/mol. The summed E-state index contributed by atoms with van der Waals surface area (Å²) in [5.74, 6) is 0.810. The quantitative estimate of drug-likeness (QED) is 0.790. The Labute approximate surface area is 96.6 Å². The van der Waals surface area contributed by atoms with Crippen LogP contribution in [0, 0.1) is 6.92 Å².